The molecule has 2 aromatic carbocycles. The normalized spacial score (nSPS) is 21.3. The van der Waals surface area contributed by atoms with Gasteiger partial charge in [-0.25, -0.2) is 12.8 Å². The number of nitrogens with zero attached hydrogens (tertiary/aromatic N) is 1. The van der Waals surface area contributed by atoms with Crippen LogP contribution in [0, 0.1) is 5.82 Å². The van der Waals surface area contributed by atoms with Gasteiger partial charge < -0.3 is 4.74 Å². The molecular weight excluding hydrogens is 329 g/mol. The summed E-state index contributed by atoms with van der Waals surface area (Å²) < 4.78 is 46.2. The van der Waals surface area contributed by atoms with Crippen molar-refractivity contribution >= 4 is 10.0 Å². The van der Waals surface area contributed by atoms with Gasteiger partial charge in [0, 0.05) is 12.1 Å². The van der Waals surface area contributed by atoms with E-state index in [2.05, 4.69) is 0 Å². The number of ether oxygens (including phenoxy) is 1. The Balaban J connectivity index is 1.90. The molecule has 3 rings (SSSR count). The molecule has 0 N–H and O–H groups in total. The molecule has 6 heteroatoms. The van der Waals surface area contributed by atoms with Crippen LogP contribution in [0.3, 0.4) is 0 Å². The molecule has 128 valence electrons. The highest BCUT2D eigenvalue weighted by molar-refractivity contribution is 7.89. The van der Waals surface area contributed by atoms with Crippen LogP contribution < -0.4 is 0 Å². The second-order valence-corrected chi connectivity index (χ2v) is 7.91. The van der Waals surface area contributed by atoms with Gasteiger partial charge in [-0.2, -0.15) is 4.31 Å². The van der Waals surface area contributed by atoms with Gasteiger partial charge >= 0.3 is 0 Å². The molecular formula is C18H20FNO3S. The Bertz CT molecular complexity index is 780. The predicted molar refractivity (Wildman–Crippen MR) is 90.5 cm³/mol. The molecule has 0 radical (unpaired) electrons. The molecule has 0 spiro atoms. The molecule has 24 heavy (non-hydrogen) atoms. The predicted octanol–water partition coefficient (Wildman–Crippen LogP) is 2.60. The highest BCUT2D eigenvalue weighted by atomic mass is 32.2. The minimum Gasteiger partial charge on any atom is -0.379 e. The Hall–Kier alpha value is -1.76. The van der Waals surface area contributed by atoms with Crippen molar-refractivity contribution in [2.24, 2.45) is 0 Å². The molecule has 0 aromatic heterocycles. The Kier molecular flexibility index (Phi) is 5.28. The molecule has 0 unspecified atom stereocenters. The maximum atomic E-state index is 14.0. The molecule has 1 aliphatic heterocycles. The number of hydrogen-bond donors (Lipinski definition) is 0. The summed E-state index contributed by atoms with van der Waals surface area (Å²) in [5.74, 6) is -0.469. The van der Waals surface area contributed by atoms with Crippen LogP contribution in [0.2, 0.25) is 0 Å². The van der Waals surface area contributed by atoms with E-state index in [0.717, 1.165) is 5.56 Å². The van der Waals surface area contributed by atoms with Crippen LogP contribution in [-0.4, -0.2) is 37.7 Å². The van der Waals surface area contributed by atoms with Crippen molar-refractivity contribution in [2.45, 2.75) is 19.0 Å². The fraction of sp³-hybridized carbons (Fsp3) is 0.333. The quantitative estimate of drug-likeness (QED) is 0.852. The van der Waals surface area contributed by atoms with Crippen LogP contribution >= 0.6 is 0 Å². The molecule has 0 saturated carbocycles. The molecule has 4 nitrogen and oxygen atoms in total. The van der Waals surface area contributed by atoms with Gasteiger partial charge in [0.2, 0.25) is 10.0 Å². The minimum atomic E-state index is -3.50. The van der Waals surface area contributed by atoms with Gasteiger partial charge in [-0.3, -0.25) is 0 Å². The summed E-state index contributed by atoms with van der Waals surface area (Å²) in [4.78, 5) is 0. The highest BCUT2D eigenvalue weighted by Gasteiger charge is 2.33. The number of sulfonamides is 1. The van der Waals surface area contributed by atoms with Crippen LogP contribution in [-0.2, 0) is 27.7 Å². The monoisotopic (exact) mass is 349 g/mol. The number of hydrogen-bond acceptors (Lipinski definition) is 3. The van der Waals surface area contributed by atoms with E-state index in [1.165, 1.54) is 10.4 Å². The van der Waals surface area contributed by atoms with E-state index in [4.69, 9.17) is 4.74 Å². The van der Waals surface area contributed by atoms with E-state index in [1.54, 1.807) is 18.2 Å². The number of halogens is 1. The summed E-state index contributed by atoms with van der Waals surface area (Å²) in [5, 5.41) is 0. The molecule has 1 atom stereocenters. The van der Waals surface area contributed by atoms with Crippen molar-refractivity contribution < 1.29 is 17.5 Å². The smallest absolute Gasteiger partial charge is 0.217 e. The first-order valence-electron chi connectivity index (χ1n) is 7.91. The maximum Gasteiger partial charge on any atom is 0.217 e. The topological polar surface area (TPSA) is 46.6 Å². The van der Waals surface area contributed by atoms with Crippen molar-refractivity contribution in [1.82, 2.24) is 4.31 Å². The van der Waals surface area contributed by atoms with Gasteiger partial charge in [-0.1, -0.05) is 48.5 Å². The van der Waals surface area contributed by atoms with E-state index in [9.17, 15) is 12.8 Å². The Morgan fingerprint density at radius 3 is 2.54 bits per heavy atom. The third-order valence-corrected chi connectivity index (χ3v) is 5.98. The first-order valence-corrected chi connectivity index (χ1v) is 9.52. The Morgan fingerprint density at radius 2 is 1.79 bits per heavy atom. The zero-order valence-electron chi connectivity index (χ0n) is 13.3. The molecule has 1 fully saturated rings. The number of benzene rings is 2. The van der Waals surface area contributed by atoms with Crippen LogP contribution in [0.4, 0.5) is 4.39 Å². The van der Waals surface area contributed by atoms with Crippen LogP contribution in [0.15, 0.2) is 54.6 Å². The third-order valence-electron chi connectivity index (χ3n) is 4.16. The highest BCUT2D eigenvalue weighted by Crippen LogP contribution is 2.21. The molecule has 1 heterocycles. The standard InChI is InChI=1S/C18H20FNO3S/c19-18-9-5-4-8-16(18)13-20-17(12-15-6-2-1-3-7-15)14-23-10-11-24(20,21)22/h1-9,17H,10-14H2/t17-/m0/s1. The Labute approximate surface area is 141 Å². The van der Waals surface area contributed by atoms with Gasteiger partial charge in [0.25, 0.3) is 0 Å². The summed E-state index contributed by atoms with van der Waals surface area (Å²) in [6.07, 6.45) is 0.536. The van der Waals surface area contributed by atoms with E-state index >= 15 is 0 Å². The molecule has 0 amide bonds. The van der Waals surface area contributed by atoms with Gasteiger partial charge in [-0.15, -0.1) is 0 Å². The van der Waals surface area contributed by atoms with E-state index in [0.29, 0.717) is 18.6 Å². The zero-order valence-corrected chi connectivity index (χ0v) is 14.1. The lowest BCUT2D eigenvalue weighted by Crippen LogP contribution is -2.42. The van der Waals surface area contributed by atoms with E-state index in [-0.39, 0.29) is 24.9 Å². The minimum absolute atomic E-state index is 0.0237. The van der Waals surface area contributed by atoms with Crippen molar-refractivity contribution in [1.29, 1.82) is 0 Å². The van der Waals surface area contributed by atoms with Crippen LogP contribution in [0.25, 0.3) is 0 Å². The summed E-state index contributed by atoms with van der Waals surface area (Å²) in [5.41, 5.74) is 1.41. The van der Waals surface area contributed by atoms with Crippen LogP contribution in [0.5, 0.6) is 0 Å². The first kappa shape index (κ1) is 17.1. The summed E-state index contributed by atoms with van der Waals surface area (Å²) in [7, 11) is -3.50. The lowest BCUT2D eigenvalue weighted by Gasteiger charge is -2.28. The summed E-state index contributed by atoms with van der Waals surface area (Å²) >= 11 is 0. The maximum absolute atomic E-state index is 14.0. The average molecular weight is 349 g/mol. The molecule has 1 saturated heterocycles. The van der Waals surface area contributed by atoms with Crippen molar-refractivity contribution in [3.05, 3.63) is 71.5 Å². The van der Waals surface area contributed by atoms with Crippen molar-refractivity contribution in [3.63, 3.8) is 0 Å². The summed E-state index contributed by atoms with van der Waals surface area (Å²) in [6.45, 7) is 0.500. The molecule has 2 aromatic rings. The number of rotatable bonds is 4. The zero-order chi connectivity index (χ0) is 17.0. The molecule has 1 aliphatic rings. The lowest BCUT2D eigenvalue weighted by atomic mass is 10.1. The average Bonchev–Trinajstić information content (AvgIpc) is 2.70. The van der Waals surface area contributed by atoms with E-state index < -0.39 is 15.8 Å². The first-order chi connectivity index (χ1) is 11.6. The van der Waals surface area contributed by atoms with Crippen LogP contribution in [0.1, 0.15) is 11.1 Å². The van der Waals surface area contributed by atoms with Gasteiger partial charge in [0.1, 0.15) is 5.82 Å². The summed E-state index contributed by atoms with van der Waals surface area (Å²) in [6, 6.07) is 15.6. The van der Waals surface area contributed by atoms with Crippen molar-refractivity contribution in [3.8, 4) is 0 Å². The Morgan fingerprint density at radius 1 is 1.08 bits per heavy atom. The molecule has 0 aliphatic carbocycles. The van der Waals surface area contributed by atoms with Gasteiger partial charge in [0.15, 0.2) is 0 Å². The van der Waals surface area contributed by atoms with E-state index in [1.807, 2.05) is 30.3 Å². The SMILES string of the molecule is O=S1(=O)CCOC[C@H](Cc2ccccc2)N1Cc1ccccc1F. The lowest BCUT2D eigenvalue weighted by molar-refractivity contribution is 0.109. The van der Waals surface area contributed by atoms with Crippen molar-refractivity contribution in [2.75, 3.05) is 19.0 Å². The molecule has 0 bridgehead atoms. The fourth-order valence-corrected chi connectivity index (χ4v) is 4.37. The van der Waals surface area contributed by atoms with Gasteiger partial charge in [0.05, 0.1) is 25.0 Å². The van der Waals surface area contributed by atoms with Gasteiger partial charge in [-0.05, 0) is 18.1 Å². The second-order valence-electron chi connectivity index (χ2n) is 5.87. The third kappa shape index (κ3) is 4.01. The largest absolute Gasteiger partial charge is 0.379 e. The fourth-order valence-electron chi connectivity index (χ4n) is 2.88. The second kappa shape index (κ2) is 7.42.